The van der Waals surface area contributed by atoms with E-state index in [2.05, 4.69) is 0 Å². The number of nitrogens with zero attached hydrogens (tertiary/aromatic N) is 1. The fraction of sp³-hybridized carbons (Fsp3) is 0.333. The highest BCUT2D eigenvalue weighted by molar-refractivity contribution is 5.96. The van der Waals surface area contributed by atoms with Crippen molar-refractivity contribution >= 4 is 11.9 Å². The second kappa shape index (κ2) is 11.7. The van der Waals surface area contributed by atoms with Crippen LogP contribution in [0, 0.1) is 6.92 Å². The Morgan fingerprint density at radius 3 is 2.43 bits per heavy atom. The van der Waals surface area contributed by atoms with E-state index in [1.54, 1.807) is 30.3 Å². The Hall–Kier alpha value is -3.60. The molecule has 1 fully saturated rings. The van der Waals surface area contributed by atoms with E-state index >= 15 is 0 Å². The molecule has 35 heavy (non-hydrogen) atoms. The fourth-order valence-corrected chi connectivity index (χ4v) is 4.04. The predicted molar refractivity (Wildman–Crippen MR) is 138 cm³/mol. The largest absolute Gasteiger partial charge is 0.493 e. The van der Waals surface area contributed by atoms with Crippen molar-refractivity contribution < 1.29 is 22.2 Å². The van der Waals surface area contributed by atoms with Crippen LogP contribution in [-0.2, 0) is 11.3 Å². The summed E-state index contributed by atoms with van der Waals surface area (Å²) in [5, 5.41) is 8.78. The van der Waals surface area contributed by atoms with Gasteiger partial charge in [0.15, 0.2) is 0 Å². The van der Waals surface area contributed by atoms with Crippen LogP contribution in [0.4, 0.5) is 0 Å². The number of hydrogen-bond acceptors (Lipinski definition) is 3. The van der Waals surface area contributed by atoms with Gasteiger partial charge >= 0.3 is 5.97 Å². The lowest BCUT2D eigenvalue weighted by atomic mass is 9.99. The van der Waals surface area contributed by atoms with Crippen molar-refractivity contribution in [1.29, 1.82) is 0 Å². The fourth-order valence-electron chi connectivity index (χ4n) is 4.04. The number of para-hydroxylation sites is 1. The Bertz CT molecular complexity index is 1240. The minimum Gasteiger partial charge on any atom is -0.493 e. The molecule has 0 aromatic heterocycles. The number of carboxylic acids is 1. The van der Waals surface area contributed by atoms with Gasteiger partial charge in [0.2, 0.25) is 0 Å². The molecule has 3 aromatic rings. The number of unbranched alkanes of at least 4 members (excludes halogenated alkanes) is 2. The maximum atomic E-state index is 13.8. The number of carboxylic acid groups (broad SMARTS) is 1. The van der Waals surface area contributed by atoms with Crippen LogP contribution in [-0.4, -0.2) is 34.5 Å². The number of hydrogen-bond donors (Lipinski definition) is 1. The number of carbonyl (C=O) groups is 2. The Morgan fingerprint density at radius 2 is 1.71 bits per heavy atom. The third-order valence-electron chi connectivity index (χ3n) is 6.12. The van der Waals surface area contributed by atoms with Crippen molar-refractivity contribution in [2.24, 2.45) is 0 Å². The number of aliphatic carboxylic acids is 1. The van der Waals surface area contributed by atoms with Crippen LogP contribution in [0.5, 0.6) is 5.75 Å². The minimum atomic E-state index is -2.07. The van der Waals surface area contributed by atoms with Gasteiger partial charge < -0.3 is 14.7 Å². The van der Waals surface area contributed by atoms with Crippen molar-refractivity contribution in [3.63, 3.8) is 0 Å². The normalized spacial score (nSPS) is 14.1. The summed E-state index contributed by atoms with van der Waals surface area (Å²) in [6.07, 6.45) is 3.62. The summed E-state index contributed by atoms with van der Waals surface area (Å²) in [5.41, 5.74) is 3.69. The van der Waals surface area contributed by atoms with Crippen molar-refractivity contribution in [1.82, 2.24) is 4.90 Å². The molecule has 5 heteroatoms. The van der Waals surface area contributed by atoms with Crippen molar-refractivity contribution in [3.8, 4) is 16.9 Å². The minimum absolute atomic E-state index is 0.128. The highest BCUT2D eigenvalue weighted by Gasteiger charge is 2.34. The van der Waals surface area contributed by atoms with Crippen LogP contribution in [0.1, 0.15) is 62.8 Å². The maximum absolute atomic E-state index is 13.8. The average molecular weight is 474 g/mol. The van der Waals surface area contributed by atoms with E-state index in [0.717, 1.165) is 29.5 Å². The van der Waals surface area contributed by atoms with Crippen LogP contribution in [0.25, 0.3) is 11.1 Å². The third-order valence-corrected chi connectivity index (χ3v) is 6.12. The Morgan fingerprint density at radius 1 is 0.971 bits per heavy atom. The number of rotatable bonds is 12. The number of amides is 1. The van der Waals surface area contributed by atoms with Crippen molar-refractivity contribution in [2.45, 2.75) is 58.0 Å². The van der Waals surface area contributed by atoms with Gasteiger partial charge in [-0.25, -0.2) is 0 Å². The van der Waals surface area contributed by atoms with Gasteiger partial charge in [-0.15, -0.1) is 0 Å². The van der Waals surface area contributed by atoms with Gasteiger partial charge in [0.25, 0.3) is 5.91 Å². The first-order valence-electron chi connectivity index (χ1n) is 13.2. The van der Waals surface area contributed by atoms with Crippen LogP contribution in [0.15, 0.2) is 72.8 Å². The van der Waals surface area contributed by atoms with Crippen LogP contribution < -0.4 is 4.74 Å². The molecule has 1 saturated carbocycles. The van der Waals surface area contributed by atoms with E-state index in [1.165, 1.54) is 4.90 Å². The average Bonchev–Trinajstić information content (AvgIpc) is 3.71. The molecule has 0 bridgehead atoms. The first-order valence-corrected chi connectivity index (χ1v) is 12.2. The van der Waals surface area contributed by atoms with Crippen molar-refractivity contribution in [3.05, 3.63) is 89.5 Å². The van der Waals surface area contributed by atoms with Gasteiger partial charge in [0.1, 0.15) is 5.75 Å². The second-order valence-electron chi connectivity index (χ2n) is 8.96. The highest BCUT2D eigenvalue weighted by atomic mass is 16.5. The first kappa shape index (κ1) is 21.9. The molecule has 0 unspecified atom stereocenters. The first-order chi connectivity index (χ1) is 17.8. The van der Waals surface area contributed by atoms with Crippen molar-refractivity contribution in [2.75, 3.05) is 6.61 Å². The zero-order valence-electron chi connectivity index (χ0n) is 22.1. The molecule has 5 nitrogen and oxygen atoms in total. The summed E-state index contributed by atoms with van der Waals surface area (Å²) in [6, 6.07) is 22.4. The zero-order valence-corrected chi connectivity index (χ0v) is 20.1. The number of carbonyl (C=O) groups excluding carboxylic acids is 1. The van der Waals surface area contributed by atoms with E-state index in [9.17, 15) is 9.59 Å². The molecule has 0 aliphatic heterocycles. The quantitative estimate of drug-likeness (QED) is 0.305. The number of aryl methyl sites for hydroxylation is 1. The molecule has 0 spiro atoms. The lowest BCUT2D eigenvalue weighted by Gasteiger charge is -2.25. The Balaban J connectivity index is 1.54. The molecule has 1 aliphatic rings. The Kier molecular flexibility index (Phi) is 7.32. The topological polar surface area (TPSA) is 66.8 Å². The number of ether oxygens (including phenoxy) is 1. The summed E-state index contributed by atoms with van der Waals surface area (Å²) < 4.78 is 24.1. The summed E-state index contributed by atoms with van der Waals surface area (Å²) in [7, 11) is 0. The van der Waals surface area contributed by atoms with Crippen LogP contribution in [0.2, 0.25) is 0 Å². The lowest BCUT2D eigenvalue weighted by molar-refractivity contribution is -0.137. The standard InChI is InChI=1S/C30H33NO4/c1-22-20-24(23-10-4-2-5-11-23)15-18-27(22)30(34)31(26-16-17-26)21-25-12-7-8-13-28(25)35-19-9-3-6-14-29(32)33/h2,4-5,7-8,10-13,15,18,20,26H,3,6,9,14,16-17,19,21H2,1H3,(H,32,33)/i21D2. The van der Waals surface area contributed by atoms with Gasteiger partial charge in [0.05, 0.1) is 9.35 Å². The van der Waals surface area contributed by atoms with Gasteiger partial charge in [-0.05, 0) is 67.9 Å². The molecule has 1 amide bonds. The molecule has 4 rings (SSSR count). The third kappa shape index (κ3) is 6.72. The molecule has 0 heterocycles. The van der Waals surface area contributed by atoms with E-state index in [-0.39, 0.29) is 18.4 Å². The molecular weight excluding hydrogens is 438 g/mol. The zero-order chi connectivity index (χ0) is 26.4. The molecular formula is C30H33NO4. The van der Waals surface area contributed by atoms with Gasteiger partial charge in [0, 0.05) is 30.1 Å². The molecule has 3 aromatic carbocycles. The molecule has 182 valence electrons. The van der Waals surface area contributed by atoms with Gasteiger partial charge in [-0.3, -0.25) is 9.59 Å². The van der Waals surface area contributed by atoms with E-state index in [1.807, 2.05) is 49.4 Å². The monoisotopic (exact) mass is 473 g/mol. The van der Waals surface area contributed by atoms with Crippen LogP contribution in [0.3, 0.4) is 0 Å². The predicted octanol–water partition coefficient (Wildman–Crippen LogP) is 6.49. The summed E-state index contributed by atoms with van der Waals surface area (Å²) in [5.74, 6) is -0.734. The van der Waals surface area contributed by atoms with E-state index < -0.39 is 12.5 Å². The number of benzene rings is 3. The summed E-state index contributed by atoms with van der Waals surface area (Å²) in [6.45, 7) is 0.175. The summed E-state index contributed by atoms with van der Waals surface area (Å²) in [4.78, 5) is 25.9. The maximum Gasteiger partial charge on any atom is 0.303 e. The van der Waals surface area contributed by atoms with E-state index in [4.69, 9.17) is 12.6 Å². The molecule has 0 atom stereocenters. The highest BCUT2D eigenvalue weighted by Crippen LogP contribution is 2.33. The lowest BCUT2D eigenvalue weighted by Crippen LogP contribution is -2.33. The summed E-state index contributed by atoms with van der Waals surface area (Å²) >= 11 is 0. The Labute approximate surface area is 210 Å². The van der Waals surface area contributed by atoms with Gasteiger partial charge in [-0.2, -0.15) is 0 Å². The molecule has 1 aliphatic carbocycles. The van der Waals surface area contributed by atoms with Gasteiger partial charge in [-0.1, -0.05) is 60.7 Å². The smallest absolute Gasteiger partial charge is 0.303 e. The SMILES string of the molecule is [2H]C([2H])(c1ccccc1OCCCCCC(=O)O)N(C(=O)c1ccc(-c2ccccc2)cc1C)C1CC1. The molecule has 0 radical (unpaired) electrons. The molecule has 0 saturated heterocycles. The molecule has 1 N–H and O–H groups in total. The van der Waals surface area contributed by atoms with E-state index in [0.29, 0.717) is 42.7 Å². The van der Waals surface area contributed by atoms with Crippen LogP contribution >= 0.6 is 0 Å². The second-order valence-corrected chi connectivity index (χ2v) is 8.96.